The molecule has 3 rings (SSSR count). The van der Waals surface area contributed by atoms with Crippen LogP contribution in [0.1, 0.15) is 5.56 Å². The van der Waals surface area contributed by atoms with Crippen LogP contribution >= 0.6 is 28.1 Å². The van der Waals surface area contributed by atoms with Gasteiger partial charge in [0, 0.05) is 15.7 Å². The number of rotatable bonds is 5. The molecule has 1 amide bonds. The Bertz CT molecular complexity index is 995. The number of methoxy groups -OCH3 is 1. The van der Waals surface area contributed by atoms with Gasteiger partial charge >= 0.3 is 0 Å². The molecule has 0 saturated carbocycles. The quantitative estimate of drug-likeness (QED) is 0.588. The van der Waals surface area contributed by atoms with E-state index >= 15 is 0 Å². The maximum Gasteiger partial charge on any atom is 0.244 e. The summed E-state index contributed by atoms with van der Waals surface area (Å²) >= 11 is 8.72. The smallest absolute Gasteiger partial charge is 0.244 e. The van der Waals surface area contributed by atoms with Gasteiger partial charge in [0.2, 0.25) is 5.91 Å². The Kier molecular flexibility index (Phi) is 5.53. The standard InChI is InChI=1S/C18H17BrN4O2S/c1-11-9-13(5-8-15(11)19)20-16(24)10-23-17(21-22-18(23)26)12-3-6-14(25-2)7-4-12/h3-9H,10H2,1-2H3,(H,20,24)(H,22,26). The molecule has 0 aliphatic carbocycles. The first-order chi connectivity index (χ1) is 12.5. The third-order valence-corrected chi connectivity index (χ3v) is 5.05. The van der Waals surface area contributed by atoms with Gasteiger partial charge < -0.3 is 10.1 Å². The van der Waals surface area contributed by atoms with E-state index in [-0.39, 0.29) is 12.5 Å². The molecule has 3 aromatic rings. The Hall–Kier alpha value is -2.45. The lowest BCUT2D eigenvalue weighted by molar-refractivity contribution is -0.116. The Morgan fingerprint density at radius 3 is 2.69 bits per heavy atom. The normalized spacial score (nSPS) is 10.6. The van der Waals surface area contributed by atoms with Crippen molar-refractivity contribution in [2.75, 3.05) is 12.4 Å². The Morgan fingerprint density at radius 1 is 1.31 bits per heavy atom. The fourth-order valence-electron chi connectivity index (χ4n) is 2.49. The average Bonchev–Trinajstić information content (AvgIpc) is 2.99. The van der Waals surface area contributed by atoms with Crippen molar-refractivity contribution in [2.45, 2.75) is 13.5 Å². The molecule has 1 aromatic heterocycles. The van der Waals surface area contributed by atoms with Crippen LogP contribution in [0, 0.1) is 11.7 Å². The van der Waals surface area contributed by atoms with Crippen LogP contribution in [0.4, 0.5) is 5.69 Å². The molecule has 2 N–H and O–H groups in total. The van der Waals surface area contributed by atoms with E-state index in [1.165, 1.54) is 0 Å². The van der Waals surface area contributed by atoms with Crippen molar-refractivity contribution in [3.05, 3.63) is 57.3 Å². The van der Waals surface area contributed by atoms with Crippen LogP contribution in [0.5, 0.6) is 5.75 Å². The molecule has 26 heavy (non-hydrogen) atoms. The zero-order chi connectivity index (χ0) is 18.7. The van der Waals surface area contributed by atoms with E-state index in [4.69, 9.17) is 17.0 Å². The monoisotopic (exact) mass is 432 g/mol. The van der Waals surface area contributed by atoms with Crippen molar-refractivity contribution >= 4 is 39.7 Å². The maximum absolute atomic E-state index is 12.5. The number of carbonyl (C=O) groups excluding carboxylic acids is 1. The highest BCUT2D eigenvalue weighted by molar-refractivity contribution is 9.10. The molecule has 0 aliphatic heterocycles. The van der Waals surface area contributed by atoms with Gasteiger partial charge in [-0.05, 0) is 67.2 Å². The van der Waals surface area contributed by atoms with Crippen LogP contribution < -0.4 is 10.1 Å². The predicted octanol–water partition coefficient (Wildman–Crippen LogP) is 4.33. The summed E-state index contributed by atoms with van der Waals surface area (Å²) in [5, 5.41) is 9.88. The minimum absolute atomic E-state index is 0.0613. The molecule has 6 nitrogen and oxygen atoms in total. The first kappa shape index (κ1) is 18.3. The second-order valence-electron chi connectivity index (χ2n) is 5.68. The maximum atomic E-state index is 12.5. The highest BCUT2D eigenvalue weighted by atomic mass is 79.9. The number of benzene rings is 2. The van der Waals surface area contributed by atoms with Gasteiger partial charge in [-0.15, -0.1) is 0 Å². The van der Waals surface area contributed by atoms with Gasteiger partial charge in [0.1, 0.15) is 12.3 Å². The molecule has 1 heterocycles. The molecule has 0 spiro atoms. The van der Waals surface area contributed by atoms with Crippen molar-refractivity contribution in [1.82, 2.24) is 14.8 Å². The lowest BCUT2D eigenvalue weighted by Crippen LogP contribution is -2.19. The van der Waals surface area contributed by atoms with Crippen LogP contribution in [0.3, 0.4) is 0 Å². The van der Waals surface area contributed by atoms with E-state index in [2.05, 4.69) is 31.4 Å². The Labute approximate surface area is 164 Å². The number of aryl methyl sites for hydroxylation is 1. The molecule has 0 saturated heterocycles. The van der Waals surface area contributed by atoms with Crippen LogP contribution in [0.25, 0.3) is 11.4 Å². The SMILES string of the molecule is COc1ccc(-c2n[nH]c(=S)n2CC(=O)Nc2ccc(Br)c(C)c2)cc1. The van der Waals surface area contributed by atoms with E-state index in [9.17, 15) is 4.79 Å². The highest BCUT2D eigenvalue weighted by Gasteiger charge is 2.13. The number of H-pyrrole nitrogens is 1. The van der Waals surface area contributed by atoms with E-state index in [1.807, 2.05) is 49.4 Å². The predicted molar refractivity (Wildman–Crippen MR) is 107 cm³/mol. The number of halogens is 1. The largest absolute Gasteiger partial charge is 0.497 e. The number of anilines is 1. The molecule has 0 unspecified atom stereocenters. The van der Waals surface area contributed by atoms with Gasteiger partial charge in [-0.1, -0.05) is 15.9 Å². The van der Waals surface area contributed by atoms with E-state index < -0.39 is 0 Å². The molecule has 0 aliphatic rings. The zero-order valence-electron chi connectivity index (χ0n) is 14.2. The number of amides is 1. The number of ether oxygens (including phenoxy) is 1. The lowest BCUT2D eigenvalue weighted by atomic mass is 10.2. The van der Waals surface area contributed by atoms with Crippen LogP contribution in [0.15, 0.2) is 46.9 Å². The summed E-state index contributed by atoms with van der Waals surface area (Å²) in [6.07, 6.45) is 0. The second kappa shape index (κ2) is 7.84. The highest BCUT2D eigenvalue weighted by Crippen LogP contribution is 2.22. The summed E-state index contributed by atoms with van der Waals surface area (Å²) in [4.78, 5) is 12.5. The third-order valence-electron chi connectivity index (χ3n) is 3.85. The summed E-state index contributed by atoms with van der Waals surface area (Å²) in [6.45, 7) is 2.03. The molecular formula is C18H17BrN4O2S. The number of carbonyl (C=O) groups is 1. The number of aromatic nitrogens is 3. The first-order valence-corrected chi connectivity index (χ1v) is 9.03. The Morgan fingerprint density at radius 2 is 2.04 bits per heavy atom. The van der Waals surface area contributed by atoms with Crippen molar-refractivity contribution in [1.29, 1.82) is 0 Å². The molecule has 0 radical (unpaired) electrons. The van der Waals surface area contributed by atoms with Crippen LogP contribution in [-0.2, 0) is 11.3 Å². The van der Waals surface area contributed by atoms with E-state index in [0.717, 1.165) is 27.0 Å². The molecular weight excluding hydrogens is 416 g/mol. The molecule has 2 aromatic carbocycles. The van der Waals surface area contributed by atoms with Crippen LogP contribution in [0.2, 0.25) is 0 Å². The van der Waals surface area contributed by atoms with Crippen molar-refractivity contribution in [2.24, 2.45) is 0 Å². The number of aromatic amines is 1. The van der Waals surface area contributed by atoms with E-state index in [1.54, 1.807) is 11.7 Å². The number of hydrogen-bond acceptors (Lipinski definition) is 4. The van der Waals surface area contributed by atoms with Gasteiger partial charge in [-0.2, -0.15) is 5.10 Å². The molecule has 134 valence electrons. The number of hydrogen-bond donors (Lipinski definition) is 2. The van der Waals surface area contributed by atoms with Crippen LogP contribution in [-0.4, -0.2) is 27.8 Å². The van der Waals surface area contributed by atoms with Crippen molar-refractivity contribution in [3.63, 3.8) is 0 Å². The number of nitrogens with zero attached hydrogens (tertiary/aromatic N) is 2. The molecule has 0 atom stereocenters. The topological polar surface area (TPSA) is 71.9 Å². The second-order valence-corrected chi connectivity index (χ2v) is 6.92. The van der Waals surface area contributed by atoms with Gasteiger partial charge in [-0.25, -0.2) is 0 Å². The molecule has 0 bridgehead atoms. The van der Waals surface area contributed by atoms with Crippen molar-refractivity contribution in [3.8, 4) is 17.1 Å². The van der Waals surface area contributed by atoms with Gasteiger partial charge in [0.25, 0.3) is 0 Å². The first-order valence-electron chi connectivity index (χ1n) is 7.83. The van der Waals surface area contributed by atoms with Gasteiger partial charge in [-0.3, -0.25) is 14.5 Å². The van der Waals surface area contributed by atoms with Crippen molar-refractivity contribution < 1.29 is 9.53 Å². The number of nitrogens with one attached hydrogen (secondary N) is 2. The minimum atomic E-state index is -0.181. The minimum Gasteiger partial charge on any atom is -0.497 e. The molecule has 8 heteroatoms. The summed E-state index contributed by atoms with van der Waals surface area (Å²) < 4.78 is 8.21. The summed E-state index contributed by atoms with van der Waals surface area (Å²) in [5.74, 6) is 1.16. The summed E-state index contributed by atoms with van der Waals surface area (Å²) in [5.41, 5.74) is 2.61. The summed E-state index contributed by atoms with van der Waals surface area (Å²) in [6, 6.07) is 13.1. The zero-order valence-corrected chi connectivity index (χ0v) is 16.6. The van der Waals surface area contributed by atoms with E-state index in [0.29, 0.717) is 10.6 Å². The third kappa shape index (κ3) is 4.03. The summed E-state index contributed by atoms with van der Waals surface area (Å²) in [7, 11) is 1.61. The lowest BCUT2D eigenvalue weighted by Gasteiger charge is -2.10. The average molecular weight is 433 g/mol. The Balaban J connectivity index is 1.81. The van der Waals surface area contributed by atoms with Gasteiger partial charge in [0.05, 0.1) is 7.11 Å². The molecule has 0 fully saturated rings. The van der Waals surface area contributed by atoms with Gasteiger partial charge in [0.15, 0.2) is 10.6 Å². The fourth-order valence-corrected chi connectivity index (χ4v) is 2.93. The fraction of sp³-hybridized carbons (Fsp3) is 0.167.